The van der Waals surface area contributed by atoms with Crippen LogP contribution in [-0.2, 0) is 9.59 Å². The first-order chi connectivity index (χ1) is 8.12. The quantitative estimate of drug-likeness (QED) is 0.774. The van der Waals surface area contributed by atoms with Gasteiger partial charge in [0.2, 0.25) is 5.91 Å². The van der Waals surface area contributed by atoms with Gasteiger partial charge in [-0.3, -0.25) is 9.59 Å². The van der Waals surface area contributed by atoms with Gasteiger partial charge in [0.1, 0.15) is 0 Å². The Kier molecular flexibility index (Phi) is 4.57. The minimum absolute atomic E-state index is 0.136. The Labute approximate surface area is 111 Å². The minimum Gasteiger partial charge on any atom is -0.330 e. The second kappa shape index (κ2) is 5.41. The van der Waals surface area contributed by atoms with E-state index in [4.69, 9.17) is 0 Å². The first-order valence-corrected chi connectivity index (χ1v) is 6.94. The smallest absolute Gasteiger partial charge is 0.223 e. The van der Waals surface area contributed by atoms with Gasteiger partial charge in [0.15, 0.2) is 5.78 Å². The van der Waals surface area contributed by atoms with Gasteiger partial charge >= 0.3 is 0 Å². The minimum atomic E-state index is -0.160. The van der Waals surface area contributed by atoms with Crippen LogP contribution in [0.2, 0.25) is 0 Å². The molecule has 104 valence electrons. The topological polar surface area (TPSA) is 37.4 Å². The van der Waals surface area contributed by atoms with Gasteiger partial charge in [0, 0.05) is 18.4 Å². The molecule has 1 aliphatic heterocycles. The van der Waals surface area contributed by atoms with Crippen LogP contribution >= 0.6 is 0 Å². The van der Waals surface area contributed by atoms with Crippen LogP contribution in [0.5, 0.6) is 0 Å². The molecule has 1 heterocycles. The first-order valence-electron chi connectivity index (χ1n) is 6.94. The number of ketones is 1. The number of hydrogen-bond donors (Lipinski definition) is 0. The number of carbonyl (C=O) groups excluding carboxylic acids is 2. The SMILES string of the molecule is CC(C)(C)CCCC(=O)N1CC(=O)CCC1(C)C. The summed E-state index contributed by atoms with van der Waals surface area (Å²) < 4.78 is 0. The average molecular weight is 253 g/mol. The van der Waals surface area contributed by atoms with Gasteiger partial charge in [-0.15, -0.1) is 0 Å². The van der Waals surface area contributed by atoms with Gasteiger partial charge in [-0.05, 0) is 38.5 Å². The van der Waals surface area contributed by atoms with Crippen LogP contribution < -0.4 is 0 Å². The van der Waals surface area contributed by atoms with Crippen LogP contribution in [0.25, 0.3) is 0 Å². The number of likely N-dealkylation sites (tertiary alicyclic amines) is 1. The lowest BCUT2D eigenvalue weighted by Gasteiger charge is -2.42. The molecule has 0 atom stereocenters. The summed E-state index contributed by atoms with van der Waals surface area (Å²) in [4.78, 5) is 25.5. The molecular weight excluding hydrogens is 226 g/mol. The molecule has 0 aromatic carbocycles. The fourth-order valence-electron chi connectivity index (χ4n) is 2.38. The van der Waals surface area contributed by atoms with Crippen LogP contribution in [0, 0.1) is 5.41 Å². The zero-order chi connectivity index (χ0) is 14.0. The van der Waals surface area contributed by atoms with Crippen molar-refractivity contribution in [3.05, 3.63) is 0 Å². The molecule has 1 amide bonds. The molecule has 0 N–H and O–H groups in total. The largest absolute Gasteiger partial charge is 0.330 e. The van der Waals surface area contributed by atoms with Crippen molar-refractivity contribution in [2.75, 3.05) is 6.54 Å². The summed E-state index contributed by atoms with van der Waals surface area (Å²) in [5, 5.41) is 0. The summed E-state index contributed by atoms with van der Waals surface area (Å²) in [6.07, 6.45) is 3.91. The molecule has 3 nitrogen and oxygen atoms in total. The molecule has 1 aliphatic rings. The van der Waals surface area contributed by atoms with Gasteiger partial charge < -0.3 is 4.90 Å². The Bertz CT molecular complexity index is 326. The van der Waals surface area contributed by atoms with E-state index in [1.54, 1.807) is 4.90 Å². The van der Waals surface area contributed by atoms with E-state index in [2.05, 4.69) is 34.6 Å². The molecule has 1 fully saturated rings. The molecule has 3 heteroatoms. The molecule has 0 bridgehead atoms. The lowest BCUT2D eigenvalue weighted by atomic mass is 9.88. The molecule has 0 saturated carbocycles. The van der Waals surface area contributed by atoms with Gasteiger partial charge in [-0.1, -0.05) is 20.8 Å². The monoisotopic (exact) mass is 253 g/mol. The Morgan fingerprint density at radius 2 is 1.94 bits per heavy atom. The van der Waals surface area contributed by atoms with E-state index >= 15 is 0 Å². The molecule has 0 aliphatic carbocycles. The second-order valence-electron chi connectivity index (χ2n) is 7.25. The number of piperidine rings is 1. The highest BCUT2D eigenvalue weighted by Crippen LogP contribution is 2.28. The standard InChI is InChI=1S/C15H27NO2/c1-14(2,3)9-6-7-13(18)16-11-12(17)8-10-15(16,4)5/h6-11H2,1-5H3. The Morgan fingerprint density at radius 1 is 1.33 bits per heavy atom. The van der Waals surface area contributed by atoms with E-state index in [-0.39, 0.29) is 22.6 Å². The van der Waals surface area contributed by atoms with Crippen LogP contribution in [0.15, 0.2) is 0 Å². The Balaban J connectivity index is 2.51. The molecule has 0 aromatic rings. The fraction of sp³-hybridized carbons (Fsp3) is 0.867. The molecule has 18 heavy (non-hydrogen) atoms. The van der Waals surface area contributed by atoms with E-state index in [9.17, 15) is 9.59 Å². The zero-order valence-corrected chi connectivity index (χ0v) is 12.5. The highest BCUT2D eigenvalue weighted by molar-refractivity contribution is 5.88. The summed E-state index contributed by atoms with van der Waals surface area (Å²) in [5.41, 5.74) is 0.111. The summed E-state index contributed by atoms with van der Waals surface area (Å²) >= 11 is 0. The predicted molar refractivity (Wildman–Crippen MR) is 73.3 cm³/mol. The molecule has 1 rings (SSSR count). The van der Waals surface area contributed by atoms with Gasteiger partial charge in [-0.25, -0.2) is 0 Å². The number of rotatable bonds is 3. The highest BCUT2D eigenvalue weighted by atomic mass is 16.2. The maximum absolute atomic E-state index is 12.2. The van der Waals surface area contributed by atoms with Gasteiger partial charge in [0.25, 0.3) is 0 Å². The van der Waals surface area contributed by atoms with Crippen molar-refractivity contribution in [3.63, 3.8) is 0 Å². The third-order valence-corrected chi connectivity index (χ3v) is 3.70. The van der Waals surface area contributed by atoms with Crippen LogP contribution in [0.4, 0.5) is 0 Å². The van der Waals surface area contributed by atoms with E-state index in [0.717, 1.165) is 19.3 Å². The van der Waals surface area contributed by atoms with Crippen molar-refractivity contribution in [1.82, 2.24) is 4.90 Å². The average Bonchev–Trinajstić information content (AvgIpc) is 2.19. The van der Waals surface area contributed by atoms with Crippen LogP contribution in [-0.4, -0.2) is 28.7 Å². The maximum Gasteiger partial charge on any atom is 0.223 e. The van der Waals surface area contributed by atoms with Crippen LogP contribution in [0.3, 0.4) is 0 Å². The number of amides is 1. The van der Waals surface area contributed by atoms with E-state index in [1.165, 1.54) is 0 Å². The molecule has 0 aromatic heterocycles. The van der Waals surface area contributed by atoms with E-state index in [0.29, 0.717) is 19.4 Å². The molecule has 1 saturated heterocycles. The number of carbonyl (C=O) groups is 2. The van der Waals surface area contributed by atoms with Crippen LogP contribution in [0.1, 0.15) is 66.7 Å². The Hall–Kier alpha value is -0.860. The second-order valence-corrected chi connectivity index (χ2v) is 7.25. The predicted octanol–water partition coefficient (Wildman–Crippen LogP) is 3.17. The lowest BCUT2D eigenvalue weighted by Crippen LogP contribution is -2.53. The van der Waals surface area contributed by atoms with Crippen molar-refractivity contribution >= 4 is 11.7 Å². The molecular formula is C15H27NO2. The maximum atomic E-state index is 12.2. The summed E-state index contributed by atoms with van der Waals surface area (Å²) in [7, 11) is 0. The molecule has 0 radical (unpaired) electrons. The third kappa shape index (κ3) is 4.43. The van der Waals surface area contributed by atoms with Crippen molar-refractivity contribution in [3.8, 4) is 0 Å². The van der Waals surface area contributed by atoms with E-state index in [1.807, 2.05) is 0 Å². The number of hydrogen-bond acceptors (Lipinski definition) is 2. The number of nitrogens with zero attached hydrogens (tertiary/aromatic N) is 1. The summed E-state index contributed by atoms with van der Waals surface area (Å²) in [6, 6.07) is 0. The normalized spacial score (nSPS) is 20.1. The van der Waals surface area contributed by atoms with Crippen molar-refractivity contribution in [2.24, 2.45) is 5.41 Å². The van der Waals surface area contributed by atoms with Crippen molar-refractivity contribution in [2.45, 2.75) is 72.3 Å². The Morgan fingerprint density at radius 3 is 2.50 bits per heavy atom. The number of Topliss-reactive ketones (excluding diaryl/α,β-unsaturated/α-hetero) is 1. The van der Waals surface area contributed by atoms with Gasteiger partial charge in [-0.2, -0.15) is 0 Å². The molecule has 0 unspecified atom stereocenters. The third-order valence-electron chi connectivity index (χ3n) is 3.70. The fourth-order valence-corrected chi connectivity index (χ4v) is 2.38. The summed E-state index contributed by atoms with van der Waals surface area (Å²) in [5.74, 6) is 0.329. The highest BCUT2D eigenvalue weighted by Gasteiger charge is 2.36. The zero-order valence-electron chi connectivity index (χ0n) is 12.5. The summed E-state index contributed by atoms with van der Waals surface area (Å²) in [6.45, 7) is 11.0. The van der Waals surface area contributed by atoms with Gasteiger partial charge in [0.05, 0.1) is 6.54 Å². The molecule has 0 spiro atoms. The van der Waals surface area contributed by atoms with Crippen molar-refractivity contribution < 1.29 is 9.59 Å². The lowest BCUT2D eigenvalue weighted by molar-refractivity contribution is -0.144. The van der Waals surface area contributed by atoms with Crippen molar-refractivity contribution in [1.29, 1.82) is 0 Å². The first kappa shape index (κ1) is 15.2. The van der Waals surface area contributed by atoms with E-state index < -0.39 is 0 Å².